The standard InChI is InChI=1S/C22H27N5O/c1-3-19-16-27(14-13-26(19)2)21-12-10-18(15-23-21)22-24-20(25-28-22)11-9-17-7-5-4-6-8-17/h4-8,10,12,15,19H,3,9,11,13-14,16H2,1-2H3/t19-/m1/s1. The third kappa shape index (κ3) is 4.22. The van der Waals surface area contributed by atoms with E-state index in [4.69, 9.17) is 4.52 Å². The van der Waals surface area contributed by atoms with Crippen molar-refractivity contribution in [3.05, 3.63) is 60.0 Å². The van der Waals surface area contributed by atoms with E-state index >= 15 is 0 Å². The van der Waals surface area contributed by atoms with Gasteiger partial charge in [-0.2, -0.15) is 4.98 Å². The smallest absolute Gasteiger partial charge is 0.259 e. The first kappa shape index (κ1) is 18.6. The first-order chi connectivity index (χ1) is 13.7. The molecular weight excluding hydrogens is 350 g/mol. The molecule has 2 aromatic heterocycles. The van der Waals surface area contributed by atoms with E-state index in [1.807, 2.05) is 30.5 Å². The third-order valence-corrected chi connectivity index (χ3v) is 5.52. The van der Waals surface area contributed by atoms with Gasteiger partial charge in [0.15, 0.2) is 5.82 Å². The second-order valence-corrected chi connectivity index (χ2v) is 7.40. The maximum atomic E-state index is 5.45. The van der Waals surface area contributed by atoms with Gasteiger partial charge >= 0.3 is 0 Å². The molecule has 28 heavy (non-hydrogen) atoms. The monoisotopic (exact) mass is 377 g/mol. The lowest BCUT2D eigenvalue weighted by atomic mass is 10.1. The van der Waals surface area contributed by atoms with Crippen LogP contribution in [0.1, 0.15) is 24.7 Å². The van der Waals surface area contributed by atoms with Crippen LogP contribution in [0.4, 0.5) is 5.82 Å². The van der Waals surface area contributed by atoms with Crippen molar-refractivity contribution in [2.75, 3.05) is 31.6 Å². The second-order valence-electron chi connectivity index (χ2n) is 7.40. The van der Waals surface area contributed by atoms with Gasteiger partial charge in [-0.05, 0) is 37.6 Å². The summed E-state index contributed by atoms with van der Waals surface area (Å²) >= 11 is 0. The van der Waals surface area contributed by atoms with E-state index in [1.54, 1.807) is 0 Å². The number of pyridine rings is 1. The predicted octanol–water partition coefficient (Wildman–Crippen LogP) is 3.45. The number of likely N-dealkylation sites (N-methyl/N-ethyl adjacent to an activating group) is 1. The highest BCUT2D eigenvalue weighted by atomic mass is 16.5. The van der Waals surface area contributed by atoms with Gasteiger partial charge < -0.3 is 9.42 Å². The van der Waals surface area contributed by atoms with Gasteiger partial charge in [0, 0.05) is 38.3 Å². The van der Waals surface area contributed by atoms with E-state index in [9.17, 15) is 0 Å². The van der Waals surface area contributed by atoms with Crippen LogP contribution in [-0.4, -0.2) is 52.7 Å². The Bertz CT molecular complexity index is 877. The number of nitrogens with zero attached hydrogens (tertiary/aromatic N) is 5. The lowest BCUT2D eigenvalue weighted by Crippen LogP contribution is -2.51. The molecule has 0 radical (unpaired) electrons. The van der Waals surface area contributed by atoms with Crippen LogP contribution < -0.4 is 4.90 Å². The maximum absolute atomic E-state index is 5.45. The van der Waals surface area contributed by atoms with Crippen LogP contribution in [0.15, 0.2) is 53.2 Å². The molecule has 0 bridgehead atoms. The summed E-state index contributed by atoms with van der Waals surface area (Å²) in [7, 11) is 2.20. The molecule has 0 aliphatic carbocycles. The molecule has 3 heterocycles. The molecule has 6 heteroatoms. The normalized spacial score (nSPS) is 17.8. The summed E-state index contributed by atoms with van der Waals surface area (Å²) in [5.74, 6) is 2.28. The molecule has 0 amide bonds. The van der Waals surface area contributed by atoms with Crippen molar-refractivity contribution in [3.63, 3.8) is 0 Å². The molecular formula is C22H27N5O. The van der Waals surface area contributed by atoms with Gasteiger partial charge in [-0.25, -0.2) is 4.98 Å². The number of benzene rings is 1. The van der Waals surface area contributed by atoms with Gasteiger partial charge in [0.25, 0.3) is 5.89 Å². The minimum absolute atomic E-state index is 0.534. The predicted molar refractivity (Wildman–Crippen MR) is 110 cm³/mol. The SMILES string of the molecule is CC[C@@H]1CN(c2ccc(-c3nc(CCc4ccccc4)no3)cn2)CCN1C. The summed E-state index contributed by atoms with van der Waals surface area (Å²) in [5, 5.41) is 4.12. The van der Waals surface area contributed by atoms with Crippen LogP contribution in [0, 0.1) is 0 Å². The zero-order chi connectivity index (χ0) is 19.3. The summed E-state index contributed by atoms with van der Waals surface area (Å²) < 4.78 is 5.45. The molecule has 4 rings (SSSR count). The highest BCUT2D eigenvalue weighted by Crippen LogP contribution is 2.22. The van der Waals surface area contributed by atoms with E-state index in [1.165, 1.54) is 5.56 Å². The van der Waals surface area contributed by atoms with Crippen molar-refractivity contribution >= 4 is 5.82 Å². The largest absolute Gasteiger partial charge is 0.354 e. The van der Waals surface area contributed by atoms with Gasteiger partial charge in [0.2, 0.25) is 0 Å². The minimum atomic E-state index is 0.534. The number of aromatic nitrogens is 3. The van der Waals surface area contributed by atoms with Crippen LogP contribution in [0.5, 0.6) is 0 Å². The van der Waals surface area contributed by atoms with E-state index in [2.05, 4.69) is 57.1 Å². The van der Waals surface area contributed by atoms with Crippen molar-refractivity contribution < 1.29 is 4.52 Å². The Kier molecular flexibility index (Phi) is 5.67. The van der Waals surface area contributed by atoms with Crippen LogP contribution in [-0.2, 0) is 12.8 Å². The molecule has 1 aliphatic rings. The molecule has 1 saturated heterocycles. The Balaban J connectivity index is 1.39. The summed E-state index contributed by atoms with van der Waals surface area (Å²) in [6.45, 7) is 5.33. The lowest BCUT2D eigenvalue weighted by Gasteiger charge is -2.39. The minimum Gasteiger partial charge on any atom is -0.354 e. The molecule has 1 fully saturated rings. The van der Waals surface area contributed by atoms with Crippen molar-refractivity contribution in [2.45, 2.75) is 32.2 Å². The van der Waals surface area contributed by atoms with Crippen LogP contribution >= 0.6 is 0 Å². The average Bonchev–Trinajstić information content (AvgIpc) is 3.23. The van der Waals surface area contributed by atoms with Gasteiger partial charge in [-0.3, -0.25) is 4.90 Å². The highest BCUT2D eigenvalue weighted by Gasteiger charge is 2.23. The number of aryl methyl sites for hydroxylation is 2. The van der Waals surface area contributed by atoms with Crippen LogP contribution in [0.25, 0.3) is 11.5 Å². The van der Waals surface area contributed by atoms with E-state index in [0.29, 0.717) is 11.9 Å². The van der Waals surface area contributed by atoms with E-state index in [-0.39, 0.29) is 0 Å². The molecule has 1 aliphatic heterocycles. The Hall–Kier alpha value is -2.73. The summed E-state index contributed by atoms with van der Waals surface area (Å²) in [6.07, 6.45) is 4.65. The Morgan fingerprint density at radius 3 is 2.68 bits per heavy atom. The molecule has 146 valence electrons. The Labute approximate surface area is 166 Å². The van der Waals surface area contributed by atoms with E-state index in [0.717, 1.165) is 56.1 Å². The van der Waals surface area contributed by atoms with Crippen molar-refractivity contribution in [2.24, 2.45) is 0 Å². The maximum Gasteiger partial charge on any atom is 0.259 e. The summed E-state index contributed by atoms with van der Waals surface area (Å²) in [5.41, 5.74) is 2.14. The molecule has 1 aromatic carbocycles. The van der Waals surface area contributed by atoms with Gasteiger partial charge in [-0.15, -0.1) is 0 Å². The number of piperazine rings is 1. The molecule has 0 unspecified atom stereocenters. The zero-order valence-electron chi connectivity index (χ0n) is 16.6. The third-order valence-electron chi connectivity index (χ3n) is 5.52. The molecule has 0 saturated carbocycles. The quantitative estimate of drug-likeness (QED) is 0.656. The number of rotatable bonds is 6. The molecule has 1 atom stereocenters. The van der Waals surface area contributed by atoms with Crippen molar-refractivity contribution in [1.82, 2.24) is 20.0 Å². The lowest BCUT2D eigenvalue weighted by molar-refractivity contribution is 0.213. The summed E-state index contributed by atoms with van der Waals surface area (Å²) in [4.78, 5) is 14.0. The average molecular weight is 377 g/mol. The Morgan fingerprint density at radius 1 is 1.07 bits per heavy atom. The molecule has 0 N–H and O–H groups in total. The van der Waals surface area contributed by atoms with Crippen molar-refractivity contribution in [3.8, 4) is 11.5 Å². The van der Waals surface area contributed by atoms with Gasteiger partial charge in [0.1, 0.15) is 5.82 Å². The molecule has 3 aromatic rings. The fourth-order valence-electron chi connectivity index (χ4n) is 3.67. The number of hydrogen-bond donors (Lipinski definition) is 0. The van der Waals surface area contributed by atoms with Crippen LogP contribution in [0.3, 0.4) is 0 Å². The first-order valence-corrected chi connectivity index (χ1v) is 10.0. The molecule has 0 spiro atoms. The first-order valence-electron chi connectivity index (χ1n) is 10.0. The zero-order valence-corrected chi connectivity index (χ0v) is 16.6. The topological polar surface area (TPSA) is 58.3 Å². The Morgan fingerprint density at radius 2 is 1.93 bits per heavy atom. The van der Waals surface area contributed by atoms with Crippen molar-refractivity contribution in [1.29, 1.82) is 0 Å². The van der Waals surface area contributed by atoms with Crippen LogP contribution in [0.2, 0.25) is 0 Å². The second kappa shape index (κ2) is 8.52. The van der Waals surface area contributed by atoms with Gasteiger partial charge in [0.05, 0.1) is 5.56 Å². The molecule has 6 nitrogen and oxygen atoms in total. The fraction of sp³-hybridized carbons (Fsp3) is 0.409. The fourth-order valence-corrected chi connectivity index (χ4v) is 3.67. The van der Waals surface area contributed by atoms with Gasteiger partial charge in [-0.1, -0.05) is 42.4 Å². The van der Waals surface area contributed by atoms with E-state index < -0.39 is 0 Å². The highest BCUT2D eigenvalue weighted by molar-refractivity contribution is 5.54. The number of hydrogen-bond acceptors (Lipinski definition) is 6. The summed E-state index contributed by atoms with van der Waals surface area (Å²) in [6, 6.07) is 15.0. The number of anilines is 1.